The zero-order chi connectivity index (χ0) is 23.3. The van der Waals surface area contributed by atoms with Crippen LogP contribution in [0.4, 0.5) is 11.4 Å². The van der Waals surface area contributed by atoms with Crippen molar-refractivity contribution in [2.75, 3.05) is 23.8 Å². The van der Waals surface area contributed by atoms with Gasteiger partial charge >= 0.3 is 0 Å². The molecule has 1 amide bonds. The number of carbonyl (C=O) groups is 1. The van der Waals surface area contributed by atoms with E-state index in [1.807, 2.05) is 19.1 Å². The third-order valence-corrected chi connectivity index (χ3v) is 6.78. The molecule has 3 rings (SSSR count). The van der Waals surface area contributed by atoms with Gasteiger partial charge in [0.05, 0.1) is 16.5 Å². The highest BCUT2D eigenvalue weighted by Gasteiger charge is 2.15. The summed E-state index contributed by atoms with van der Waals surface area (Å²) in [5.41, 5.74) is 1.74. The Morgan fingerprint density at radius 2 is 1.59 bits per heavy atom. The van der Waals surface area contributed by atoms with E-state index in [9.17, 15) is 13.2 Å². The lowest BCUT2D eigenvalue weighted by Gasteiger charge is -2.12. The van der Waals surface area contributed by atoms with Crippen molar-refractivity contribution in [2.45, 2.75) is 11.8 Å². The van der Waals surface area contributed by atoms with Gasteiger partial charge in [-0.05, 0) is 89.1 Å². The molecule has 0 aliphatic carbocycles. The number of rotatable bonds is 8. The van der Waals surface area contributed by atoms with Crippen LogP contribution in [0.25, 0.3) is 0 Å². The molecule has 32 heavy (non-hydrogen) atoms. The molecule has 7 nitrogen and oxygen atoms in total. The number of carbonyl (C=O) groups excluding carboxylic acids is 1. The van der Waals surface area contributed by atoms with Crippen molar-refractivity contribution in [2.24, 2.45) is 0 Å². The van der Waals surface area contributed by atoms with Crippen LogP contribution in [0.2, 0.25) is 0 Å². The maximum Gasteiger partial charge on any atom is 0.262 e. The first-order chi connectivity index (χ1) is 15.2. The molecule has 0 aliphatic heterocycles. The summed E-state index contributed by atoms with van der Waals surface area (Å²) >= 11 is 6.81. The highest BCUT2D eigenvalue weighted by molar-refractivity contribution is 9.11. The summed E-state index contributed by atoms with van der Waals surface area (Å²) in [4.78, 5) is 12.3. The third-order valence-electron chi connectivity index (χ3n) is 4.33. The van der Waals surface area contributed by atoms with Gasteiger partial charge in [0.2, 0.25) is 0 Å². The summed E-state index contributed by atoms with van der Waals surface area (Å²) in [5, 5.41) is 2.69. The SMILES string of the molecule is COc1ccc(NS(=O)(=O)c2ccc(NC(=O)COc3c(C)cc(Br)cc3Br)cc2)cc1. The first-order valence-corrected chi connectivity index (χ1v) is 12.4. The van der Waals surface area contributed by atoms with Crippen molar-refractivity contribution < 1.29 is 22.7 Å². The highest BCUT2D eigenvalue weighted by atomic mass is 79.9. The molecule has 3 aromatic rings. The molecular formula is C22H20Br2N2O5S. The van der Waals surface area contributed by atoms with Crippen LogP contribution in [0.3, 0.4) is 0 Å². The molecule has 0 fully saturated rings. The minimum Gasteiger partial charge on any atom is -0.497 e. The molecule has 0 saturated carbocycles. The van der Waals surface area contributed by atoms with Crippen LogP contribution in [0, 0.1) is 6.92 Å². The Morgan fingerprint density at radius 3 is 2.19 bits per heavy atom. The van der Waals surface area contributed by atoms with E-state index < -0.39 is 10.0 Å². The molecule has 10 heteroatoms. The number of aryl methyl sites for hydroxylation is 1. The molecule has 0 unspecified atom stereocenters. The quantitative estimate of drug-likeness (QED) is 0.373. The van der Waals surface area contributed by atoms with Crippen LogP contribution in [-0.4, -0.2) is 28.0 Å². The molecule has 0 atom stereocenters. The fourth-order valence-electron chi connectivity index (χ4n) is 2.80. The average Bonchev–Trinajstić information content (AvgIpc) is 2.73. The Labute approximate surface area is 203 Å². The number of halogens is 2. The highest BCUT2D eigenvalue weighted by Crippen LogP contribution is 2.32. The Balaban J connectivity index is 1.60. The number of ether oxygens (including phenoxy) is 2. The van der Waals surface area contributed by atoms with Gasteiger partial charge in [-0.2, -0.15) is 0 Å². The standard InChI is InChI=1S/C22H20Br2N2O5S/c1-14-11-15(23)12-20(24)22(14)31-13-21(27)25-16-5-9-19(10-6-16)32(28,29)26-17-3-7-18(30-2)8-4-17/h3-12,26H,13H2,1-2H3,(H,25,27). The number of sulfonamides is 1. The Morgan fingerprint density at radius 1 is 0.969 bits per heavy atom. The van der Waals surface area contributed by atoms with Gasteiger partial charge < -0.3 is 14.8 Å². The topological polar surface area (TPSA) is 93.7 Å². The van der Waals surface area contributed by atoms with Gasteiger partial charge in [0.15, 0.2) is 6.61 Å². The summed E-state index contributed by atoms with van der Waals surface area (Å²) in [5.74, 6) is 0.834. The number of nitrogens with one attached hydrogen (secondary N) is 2. The molecule has 0 aliphatic rings. The summed E-state index contributed by atoms with van der Waals surface area (Å²) in [6.07, 6.45) is 0. The lowest BCUT2D eigenvalue weighted by Crippen LogP contribution is -2.20. The van der Waals surface area contributed by atoms with Gasteiger partial charge in [-0.3, -0.25) is 9.52 Å². The monoisotopic (exact) mass is 582 g/mol. The zero-order valence-corrected chi connectivity index (χ0v) is 21.2. The van der Waals surface area contributed by atoms with Crippen molar-refractivity contribution in [3.05, 3.63) is 75.2 Å². The minimum atomic E-state index is -3.77. The number of hydrogen-bond donors (Lipinski definition) is 2. The van der Waals surface area contributed by atoms with Gasteiger partial charge in [0, 0.05) is 15.8 Å². The van der Waals surface area contributed by atoms with Gasteiger partial charge in [-0.1, -0.05) is 15.9 Å². The van der Waals surface area contributed by atoms with Crippen LogP contribution < -0.4 is 19.5 Å². The lowest BCUT2D eigenvalue weighted by atomic mass is 10.2. The Bertz CT molecular complexity index is 1190. The number of amides is 1. The van der Waals surface area contributed by atoms with Crippen LogP contribution in [0.1, 0.15) is 5.56 Å². The van der Waals surface area contributed by atoms with E-state index in [1.165, 1.54) is 31.4 Å². The van der Waals surface area contributed by atoms with E-state index >= 15 is 0 Å². The van der Waals surface area contributed by atoms with Gasteiger partial charge in [0.1, 0.15) is 11.5 Å². The van der Waals surface area contributed by atoms with Crippen LogP contribution in [-0.2, 0) is 14.8 Å². The van der Waals surface area contributed by atoms with Gasteiger partial charge in [-0.15, -0.1) is 0 Å². The second-order valence-electron chi connectivity index (χ2n) is 6.73. The van der Waals surface area contributed by atoms with E-state index in [2.05, 4.69) is 41.9 Å². The lowest BCUT2D eigenvalue weighted by molar-refractivity contribution is -0.118. The number of hydrogen-bond acceptors (Lipinski definition) is 5. The smallest absolute Gasteiger partial charge is 0.262 e. The van der Waals surface area contributed by atoms with E-state index in [-0.39, 0.29) is 17.4 Å². The summed E-state index contributed by atoms with van der Waals surface area (Å²) in [6.45, 7) is 1.68. The van der Waals surface area contributed by atoms with E-state index in [0.717, 1.165) is 14.5 Å². The van der Waals surface area contributed by atoms with Crippen LogP contribution >= 0.6 is 31.9 Å². The molecule has 0 heterocycles. The molecule has 0 bridgehead atoms. The second kappa shape index (κ2) is 10.4. The van der Waals surface area contributed by atoms with Crippen LogP contribution in [0.15, 0.2) is 74.5 Å². The molecule has 0 saturated heterocycles. The van der Waals surface area contributed by atoms with E-state index in [0.29, 0.717) is 22.9 Å². The van der Waals surface area contributed by atoms with Crippen molar-refractivity contribution in [1.29, 1.82) is 0 Å². The Hall–Kier alpha value is -2.56. The molecular weight excluding hydrogens is 564 g/mol. The first kappa shape index (κ1) is 24.1. The predicted octanol–water partition coefficient (Wildman–Crippen LogP) is 5.35. The second-order valence-corrected chi connectivity index (χ2v) is 10.2. The summed E-state index contributed by atoms with van der Waals surface area (Å²) in [7, 11) is -2.24. The maximum atomic E-state index is 12.6. The molecule has 168 valence electrons. The Kier molecular flexibility index (Phi) is 7.81. The maximum absolute atomic E-state index is 12.6. The minimum absolute atomic E-state index is 0.0667. The van der Waals surface area contributed by atoms with Crippen molar-refractivity contribution in [3.63, 3.8) is 0 Å². The van der Waals surface area contributed by atoms with Gasteiger partial charge in [-0.25, -0.2) is 8.42 Å². The molecule has 2 N–H and O–H groups in total. The van der Waals surface area contributed by atoms with Crippen molar-refractivity contribution in [1.82, 2.24) is 0 Å². The average molecular weight is 584 g/mol. The van der Waals surface area contributed by atoms with Crippen molar-refractivity contribution >= 4 is 59.2 Å². The first-order valence-electron chi connectivity index (χ1n) is 9.33. The van der Waals surface area contributed by atoms with E-state index in [4.69, 9.17) is 9.47 Å². The number of benzene rings is 3. The zero-order valence-electron chi connectivity index (χ0n) is 17.2. The molecule has 0 spiro atoms. The summed E-state index contributed by atoms with van der Waals surface area (Å²) < 4.78 is 40.0. The largest absolute Gasteiger partial charge is 0.497 e. The molecule has 0 radical (unpaired) electrons. The molecule has 0 aromatic heterocycles. The van der Waals surface area contributed by atoms with Crippen molar-refractivity contribution in [3.8, 4) is 11.5 Å². The number of anilines is 2. The normalized spacial score (nSPS) is 11.0. The summed E-state index contributed by atoms with van der Waals surface area (Å²) in [6, 6.07) is 16.1. The van der Waals surface area contributed by atoms with Gasteiger partial charge in [0.25, 0.3) is 15.9 Å². The molecule has 3 aromatic carbocycles. The number of methoxy groups -OCH3 is 1. The fraction of sp³-hybridized carbons (Fsp3) is 0.136. The third kappa shape index (κ3) is 6.24. The van der Waals surface area contributed by atoms with Crippen LogP contribution in [0.5, 0.6) is 11.5 Å². The predicted molar refractivity (Wildman–Crippen MR) is 131 cm³/mol. The fourth-order valence-corrected chi connectivity index (χ4v) is 5.41. The van der Waals surface area contributed by atoms with E-state index in [1.54, 1.807) is 24.3 Å².